The molecule has 0 aliphatic carbocycles. The highest BCUT2D eigenvalue weighted by Crippen LogP contribution is 2.44. The van der Waals surface area contributed by atoms with Gasteiger partial charge in [0.05, 0.1) is 16.9 Å². The van der Waals surface area contributed by atoms with Crippen molar-refractivity contribution in [3.8, 4) is 0 Å². The van der Waals surface area contributed by atoms with E-state index in [2.05, 4.69) is 0 Å². The van der Waals surface area contributed by atoms with Gasteiger partial charge in [0.2, 0.25) is 5.91 Å². The summed E-state index contributed by atoms with van der Waals surface area (Å²) in [6, 6.07) is 23.3. The largest absolute Gasteiger partial charge is 0.273 e. The number of sulfonamides is 1. The highest BCUT2D eigenvalue weighted by molar-refractivity contribution is 7.89. The van der Waals surface area contributed by atoms with Crippen LogP contribution >= 0.6 is 0 Å². The Balaban J connectivity index is 1.70. The van der Waals surface area contributed by atoms with Crippen molar-refractivity contribution in [3.63, 3.8) is 0 Å². The molecule has 30 heavy (non-hydrogen) atoms. The number of nitrogens with zero attached hydrogens (tertiary/aromatic N) is 1. The molecule has 0 aromatic heterocycles. The molecule has 0 unspecified atom stereocenters. The van der Waals surface area contributed by atoms with E-state index in [4.69, 9.17) is 0 Å². The highest BCUT2D eigenvalue weighted by atomic mass is 32.2. The summed E-state index contributed by atoms with van der Waals surface area (Å²) in [7, 11) is -3.94. The first-order valence-electron chi connectivity index (χ1n) is 9.83. The lowest BCUT2D eigenvalue weighted by Gasteiger charge is -2.45. The lowest BCUT2D eigenvalue weighted by atomic mass is 9.84. The van der Waals surface area contributed by atoms with E-state index in [-0.39, 0.29) is 4.90 Å². The topological polar surface area (TPSA) is 54.5 Å². The third kappa shape index (κ3) is 3.68. The molecule has 4 nitrogen and oxygen atoms in total. The van der Waals surface area contributed by atoms with Gasteiger partial charge in [0.15, 0.2) is 0 Å². The molecule has 4 rings (SSSR count). The molecule has 152 valence electrons. The van der Waals surface area contributed by atoms with Crippen LogP contribution in [-0.2, 0) is 14.8 Å². The maximum Gasteiger partial charge on any atom is 0.267 e. The zero-order chi connectivity index (χ0) is 21.3. The fourth-order valence-electron chi connectivity index (χ4n) is 3.65. The number of aryl methyl sites for hydroxylation is 2. The van der Waals surface area contributed by atoms with Crippen molar-refractivity contribution in [2.75, 3.05) is 0 Å². The van der Waals surface area contributed by atoms with Crippen LogP contribution < -0.4 is 0 Å². The molecule has 1 amide bonds. The van der Waals surface area contributed by atoms with E-state index < -0.39 is 27.9 Å². The summed E-state index contributed by atoms with van der Waals surface area (Å²) in [5.41, 5.74) is 3.89. The Bertz CT molecular complexity index is 1180. The van der Waals surface area contributed by atoms with Crippen molar-refractivity contribution < 1.29 is 13.2 Å². The summed E-state index contributed by atoms with van der Waals surface area (Å²) in [6.45, 7) is 3.91. The number of β-lactam (4-membered cyclic amide) rings is 1. The molecule has 1 saturated heterocycles. The maximum absolute atomic E-state index is 13.3. The smallest absolute Gasteiger partial charge is 0.267 e. The standard InChI is InChI=1S/C25H23NO3S/c1-18-8-12-20(13-9-18)14-17-23-24(21-6-4-3-5-7-21)26(25(23)27)30(28,29)22-15-10-19(2)11-16-22/h3-17,23-24H,1-2H3/b17-14+/t23-,24-/m1/s1. The van der Waals surface area contributed by atoms with Crippen LogP contribution in [0.4, 0.5) is 0 Å². The van der Waals surface area contributed by atoms with Crippen molar-refractivity contribution in [2.45, 2.75) is 24.8 Å². The molecule has 1 aliphatic heterocycles. The van der Waals surface area contributed by atoms with Crippen molar-refractivity contribution in [1.82, 2.24) is 4.31 Å². The predicted molar refractivity (Wildman–Crippen MR) is 118 cm³/mol. The lowest BCUT2D eigenvalue weighted by molar-refractivity contribution is -0.143. The van der Waals surface area contributed by atoms with Gasteiger partial charge in [-0.05, 0) is 37.1 Å². The number of hydrogen-bond donors (Lipinski definition) is 0. The van der Waals surface area contributed by atoms with Gasteiger partial charge < -0.3 is 0 Å². The van der Waals surface area contributed by atoms with E-state index in [1.165, 1.54) is 0 Å². The Morgan fingerprint density at radius 2 is 1.37 bits per heavy atom. The van der Waals surface area contributed by atoms with Crippen molar-refractivity contribution in [1.29, 1.82) is 0 Å². The molecule has 3 aromatic carbocycles. The summed E-state index contributed by atoms with van der Waals surface area (Å²) >= 11 is 0. The van der Waals surface area contributed by atoms with Gasteiger partial charge in [0.1, 0.15) is 0 Å². The number of rotatable bonds is 5. The molecule has 0 bridgehead atoms. The maximum atomic E-state index is 13.3. The third-order valence-electron chi connectivity index (χ3n) is 5.39. The molecular formula is C25H23NO3S. The Labute approximate surface area is 177 Å². The minimum absolute atomic E-state index is 0.128. The Hall–Kier alpha value is -3.18. The van der Waals surface area contributed by atoms with E-state index in [9.17, 15) is 13.2 Å². The van der Waals surface area contributed by atoms with Crippen molar-refractivity contribution in [3.05, 3.63) is 107 Å². The van der Waals surface area contributed by atoms with Gasteiger partial charge >= 0.3 is 0 Å². The summed E-state index contributed by atoms with van der Waals surface area (Å²) in [4.78, 5) is 13.1. The normalized spacial score (nSPS) is 19.1. The quantitative estimate of drug-likeness (QED) is 0.555. The second-order valence-corrected chi connectivity index (χ2v) is 9.42. The van der Waals surface area contributed by atoms with Crippen LogP contribution in [0.15, 0.2) is 89.8 Å². The van der Waals surface area contributed by atoms with E-state index in [0.29, 0.717) is 0 Å². The fourth-order valence-corrected chi connectivity index (χ4v) is 5.27. The zero-order valence-electron chi connectivity index (χ0n) is 16.9. The number of amides is 1. The Kier molecular flexibility index (Phi) is 5.31. The molecule has 2 atom stereocenters. The number of carbonyl (C=O) groups excluding carboxylic acids is 1. The van der Waals surface area contributed by atoms with E-state index >= 15 is 0 Å². The van der Waals surface area contributed by atoms with Crippen LogP contribution in [-0.4, -0.2) is 18.6 Å². The number of benzene rings is 3. The van der Waals surface area contributed by atoms with Gasteiger partial charge in [-0.25, -0.2) is 12.7 Å². The van der Waals surface area contributed by atoms with Gasteiger partial charge in [0.25, 0.3) is 10.0 Å². The molecule has 0 radical (unpaired) electrons. The van der Waals surface area contributed by atoms with Gasteiger partial charge in [-0.3, -0.25) is 4.79 Å². The summed E-state index contributed by atoms with van der Waals surface area (Å²) in [6.07, 6.45) is 3.69. The molecule has 3 aromatic rings. The van der Waals surface area contributed by atoms with Gasteiger partial charge in [-0.15, -0.1) is 0 Å². The average Bonchev–Trinajstić information content (AvgIpc) is 2.74. The summed E-state index contributed by atoms with van der Waals surface area (Å²) in [5, 5.41) is 0. The second kappa shape index (κ2) is 7.92. The van der Waals surface area contributed by atoms with Gasteiger partial charge in [-0.1, -0.05) is 90.0 Å². The minimum atomic E-state index is -3.94. The molecule has 1 fully saturated rings. The van der Waals surface area contributed by atoms with Crippen LogP contribution in [0, 0.1) is 19.8 Å². The lowest BCUT2D eigenvalue weighted by Crippen LogP contribution is -2.56. The minimum Gasteiger partial charge on any atom is -0.273 e. The van der Waals surface area contributed by atoms with Crippen LogP contribution in [0.25, 0.3) is 6.08 Å². The average molecular weight is 418 g/mol. The Morgan fingerprint density at radius 3 is 1.97 bits per heavy atom. The third-order valence-corrected chi connectivity index (χ3v) is 7.18. The van der Waals surface area contributed by atoms with Crippen LogP contribution in [0.5, 0.6) is 0 Å². The molecule has 0 N–H and O–H groups in total. The highest BCUT2D eigenvalue weighted by Gasteiger charge is 2.53. The number of carbonyl (C=O) groups is 1. The first-order valence-corrected chi connectivity index (χ1v) is 11.3. The van der Waals surface area contributed by atoms with E-state index in [0.717, 1.165) is 26.6 Å². The molecular weight excluding hydrogens is 394 g/mol. The predicted octanol–water partition coefficient (Wildman–Crippen LogP) is 4.91. The summed E-state index contributed by atoms with van der Waals surface area (Å²) < 4.78 is 27.5. The number of hydrogen-bond acceptors (Lipinski definition) is 3. The molecule has 0 spiro atoms. The SMILES string of the molecule is Cc1ccc(/C=C/[C@H]2C(=O)N(S(=O)(=O)c3ccc(C)cc3)[C@@H]2c2ccccc2)cc1. The molecule has 1 heterocycles. The fraction of sp³-hybridized carbons (Fsp3) is 0.160. The molecule has 5 heteroatoms. The van der Waals surface area contributed by atoms with Crippen LogP contribution in [0.1, 0.15) is 28.3 Å². The molecule has 1 aliphatic rings. The zero-order valence-corrected chi connectivity index (χ0v) is 17.7. The van der Waals surface area contributed by atoms with Crippen LogP contribution in [0.2, 0.25) is 0 Å². The van der Waals surface area contributed by atoms with Gasteiger partial charge in [0, 0.05) is 0 Å². The van der Waals surface area contributed by atoms with E-state index in [1.807, 2.05) is 80.6 Å². The van der Waals surface area contributed by atoms with Crippen LogP contribution in [0.3, 0.4) is 0 Å². The summed E-state index contributed by atoms with van der Waals surface area (Å²) in [5.74, 6) is -0.943. The first-order chi connectivity index (χ1) is 14.4. The first kappa shape index (κ1) is 20.1. The van der Waals surface area contributed by atoms with Gasteiger partial charge in [-0.2, -0.15) is 0 Å². The van der Waals surface area contributed by atoms with Crippen molar-refractivity contribution >= 4 is 22.0 Å². The van der Waals surface area contributed by atoms with Crippen molar-refractivity contribution in [2.24, 2.45) is 5.92 Å². The monoisotopic (exact) mass is 417 g/mol. The molecule has 0 saturated carbocycles. The second-order valence-electron chi connectivity index (χ2n) is 7.60. The van der Waals surface area contributed by atoms with E-state index in [1.54, 1.807) is 24.3 Å². The Morgan fingerprint density at radius 1 is 0.800 bits per heavy atom.